The van der Waals surface area contributed by atoms with Crippen molar-refractivity contribution >= 4 is 33.2 Å². The fourth-order valence-corrected chi connectivity index (χ4v) is 3.65. The number of nitrogens with one attached hydrogen (secondary N) is 3. The van der Waals surface area contributed by atoms with E-state index in [4.69, 9.17) is 14.2 Å². The second-order valence-corrected chi connectivity index (χ2v) is 8.14. The number of halogens is 1. The van der Waals surface area contributed by atoms with Gasteiger partial charge in [0.1, 0.15) is 10.6 Å². The topological polar surface area (TPSA) is 124 Å². The molecule has 0 radical (unpaired) electrons. The average Bonchev–Trinajstić information content (AvgIpc) is 2.80. The SMILES string of the molecule is CNS(=O)(=O)c1ccc(Nc2ncc(F)c(Nc3ccc(OC)c(OC)c3)n2)cc1OC. The normalized spacial score (nSPS) is 11.0. The van der Waals surface area contributed by atoms with Gasteiger partial charge in [0, 0.05) is 23.5 Å². The van der Waals surface area contributed by atoms with Crippen LogP contribution < -0.4 is 29.6 Å². The Labute approximate surface area is 184 Å². The second kappa shape index (κ2) is 9.66. The molecule has 12 heteroatoms. The van der Waals surface area contributed by atoms with E-state index >= 15 is 0 Å². The fourth-order valence-electron chi connectivity index (χ4n) is 2.77. The van der Waals surface area contributed by atoms with Crippen molar-refractivity contribution in [1.82, 2.24) is 14.7 Å². The third kappa shape index (κ3) is 4.98. The Bertz CT molecular complexity index is 1220. The second-order valence-electron chi connectivity index (χ2n) is 6.28. The van der Waals surface area contributed by atoms with E-state index in [-0.39, 0.29) is 22.4 Å². The fraction of sp³-hybridized carbons (Fsp3) is 0.200. The van der Waals surface area contributed by atoms with Gasteiger partial charge >= 0.3 is 0 Å². The molecule has 0 unspecified atom stereocenters. The Balaban J connectivity index is 1.86. The van der Waals surface area contributed by atoms with E-state index in [2.05, 4.69) is 25.3 Å². The molecule has 0 aliphatic heterocycles. The summed E-state index contributed by atoms with van der Waals surface area (Å²) in [6.45, 7) is 0. The maximum Gasteiger partial charge on any atom is 0.243 e. The van der Waals surface area contributed by atoms with E-state index in [1.807, 2.05) is 0 Å². The molecule has 0 atom stereocenters. The molecule has 2 aromatic carbocycles. The van der Waals surface area contributed by atoms with Crippen molar-refractivity contribution in [2.75, 3.05) is 39.0 Å². The number of anilines is 4. The van der Waals surface area contributed by atoms with E-state index in [1.165, 1.54) is 46.6 Å². The maximum atomic E-state index is 14.3. The van der Waals surface area contributed by atoms with Crippen molar-refractivity contribution in [2.45, 2.75) is 4.90 Å². The molecule has 32 heavy (non-hydrogen) atoms. The van der Waals surface area contributed by atoms with Crippen molar-refractivity contribution in [3.8, 4) is 17.2 Å². The molecule has 10 nitrogen and oxygen atoms in total. The van der Waals surface area contributed by atoms with Crippen molar-refractivity contribution in [3.63, 3.8) is 0 Å². The first-order valence-corrected chi connectivity index (χ1v) is 10.7. The molecule has 1 aromatic heterocycles. The highest BCUT2D eigenvalue weighted by atomic mass is 32.2. The zero-order chi connectivity index (χ0) is 23.3. The summed E-state index contributed by atoms with van der Waals surface area (Å²) < 4.78 is 56.3. The smallest absolute Gasteiger partial charge is 0.243 e. The molecule has 0 spiro atoms. The number of sulfonamides is 1. The minimum atomic E-state index is -3.70. The Morgan fingerprint density at radius 1 is 0.875 bits per heavy atom. The van der Waals surface area contributed by atoms with Gasteiger partial charge < -0.3 is 24.8 Å². The first-order chi connectivity index (χ1) is 15.3. The number of hydrogen-bond acceptors (Lipinski definition) is 9. The Morgan fingerprint density at radius 3 is 2.16 bits per heavy atom. The van der Waals surface area contributed by atoms with Crippen LogP contribution in [0.5, 0.6) is 17.2 Å². The van der Waals surface area contributed by atoms with Crippen molar-refractivity contribution in [3.05, 3.63) is 48.4 Å². The van der Waals surface area contributed by atoms with Crippen molar-refractivity contribution in [2.24, 2.45) is 0 Å². The van der Waals surface area contributed by atoms with Gasteiger partial charge in [0.05, 0.1) is 27.5 Å². The molecule has 3 aromatic rings. The minimum Gasteiger partial charge on any atom is -0.495 e. The summed E-state index contributed by atoms with van der Waals surface area (Å²) in [5.74, 6) is 0.459. The number of ether oxygens (including phenoxy) is 3. The number of benzene rings is 2. The van der Waals surface area contributed by atoms with E-state index in [0.717, 1.165) is 6.20 Å². The summed E-state index contributed by atoms with van der Waals surface area (Å²) in [4.78, 5) is 8.05. The molecule has 0 amide bonds. The first-order valence-electron chi connectivity index (χ1n) is 9.21. The predicted octanol–water partition coefficient (Wildman–Crippen LogP) is 3.04. The van der Waals surface area contributed by atoms with Crippen molar-refractivity contribution in [1.29, 1.82) is 0 Å². The molecule has 170 valence electrons. The number of hydrogen-bond donors (Lipinski definition) is 3. The zero-order valence-corrected chi connectivity index (χ0v) is 18.6. The average molecular weight is 463 g/mol. The monoisotopic (exact) mass is 463 g/mol. The molecular formula is C20H22FN5O5S. The van der Waals surface area contributed by atoms with Gasteiger partial charge in [0.25, 0.3) is 0 Å². The van der Waals surface area contributed by atoms with Gasteiger partial charge in [-0.1, -0.05) is 0 Å². The zero-order valence-electron chi connectivity index (χ0n) is 17.8. The maximum absolute atomic E-state index is 14.3. The lowest BCUT2D eigenvalue weighted by Gasteiger charge is -2.13. The van der Waals surface area contributed by atoms with Gasteiger partial charge in [-0.15, -0.1) is 0 Å². The molecule has 3 N–H and O–H groups in total. The highest BCUT2D eigenvalue weighted by molar-refractivity contribution is 7.89. The molecule has 3 rings (SSSR count). The van der Waals surface area contributed by atoms with Gasteiger partial charge in [-0.05, 0) is 31.3 Å². The molecule has 0 bridgehead atoms. The minimum absolute atomic E-state index is 0.0242. The molecular weight excluding hydrogens is 441 g/mol. The van der Waals surface area contributed by atoms with Crippen LogP contribution in [0.2, 0.25) is 0 Å². The highest BCUT2D eigenvalue weighted by Gasteiger charge is 2.18. The summed E-state index contributed by atoms with van der Waals surface area (Å²) in [7, 11) is 1.97. The molecule has 1 heterocycles. The van der Waals surface area contributed by atoms with Gasteiger partial charge in [-0.3, -0.25) is 0 Å². The van der Waals surface area contributed by atoms with Gasteiger partial charge in [-0.2, -0.15) is 4.98 Å². The highest BCUT2D eigenvalue weighted by Crippen LogP contribution is 2.32. The molecule has 0 fully saturated rings. The van der Waals surface area contributed by atoms with E-state index in [9.17, 15) is 12.8 Å². The first kappa shape index (κ1) is 23.0. The molecule has 0 saturated carbocycles. The lowest BCUT2D eigenvalue weighted by atomic mass is 10.2. The standard InChI is InChI=1S/C20H22FN5O5S/c1-22-32(27,28)18-8-6-13(10-17(18)31-4)25-20-23-11-14(21)19(26-20)24-12-5-7-15(29-2)16(9-12)30-3/h5-11,22H,1-4H3,(H2,23,24,25,26). The molecule has 0 aliphatic carbocycles. The number of rotatable bonds is 9. The summed E-state index contributed by atoms with van der Waals surface area (Å²) in [5.41, 5.74) is 0.968. The Kier molecular flexibility index (Phi) is 6.95. The molecule has 0 aliphatic rings. The number of methoxy groups -OCH3 is 3. The van der Waals surface area contributed by atoms with Crippen LogP contribution in [0.25, 0.3) is 0 Å². The number of nitrogens with zero attached hydrogens (tertiary/aromatic N) is 2. The Hall–Kier alpha value is -3.64. The summed E-state index contributed by atoms with van der Waals surface area (Å²) >= 11 is 0. The van der Waals surface area contributed by atoms with Crippen molar-refractivity contribution < 1.29 is 27.0 Å². The number of aromatic nitrogens is 2. The summed E-state index contributed by atoms with van der Waals surface area (Å²) in [6, 6.07) is 9.35. The molecule has 0 saturated heterocycles. The van der Waals surface area contributed by atoms with Gasteiger partial charge in [0.2, 0.25) is 16.0 Å². The van der Waals surface area contributed by atoms with Crippen LogP contribution in [-0.4, -0.2) is 46.8 Å². The van der Waals surface area contributed by atoms with Crippen LogP contribution >= 0.6 is 0 Å². The Morgan fingerprint density at radius 2 is 1.50 bits per heavy atom. The summed E-state index contributed by atoms with van der Waals surface area (Å²) in [5, 5.41) is 5.77. The third-order valence-corrected chi connectivity index (χ3v) is 5.82. The predicted molar refractivity (Wildman–Crippen MR) is 117 cm³/mol. The summed E-state index contributed by atoms with van der Waals surface area (Å²) in [6.07, 6.45) is 1.01. The van der Waals surface area contributed by atoms with Crippen LogP contribution in [0.4, 0.5) is 27.5 Å². The lowest BCUT2D eigenvalue weighted by Crippen LogP contribution is -2.19. The van der Waals surface area contributed by atoms with E-state index < -0.39 is 15.8 Å². The largest absolute Gasteiger partial charge is 0.495 e. The van der Waals surface area contributed by atoms with Crippen LogP contribution in [0.3, 0.4) is 0 Å². The van der Waals surface area contributed by atoms with E-state index in [0.29, 0.717) is 22.9 Å². The van der Waals surface area contributed by atoms with Crippen LogP contribution in [0.15, 0.2) is 47.5 Å². The van der Waals surface area contributed by atoms with E-state index in [1.54, 1.807) is 18.2 Å². The lowest BCUT2D eigenvalue weighted by molar-refractivity contribution is 0.355. The van der Waals surface area contributed by atoms with Gasteiger partial charge in [-0.25, -0.2) is 22.5 Å². The van der Waals surface area contributed by atoms with Crippen LogP contribution in [-0.2, 0) is 10.0 Å². The van der Waals surface area contributed by atoms with Gasteiger partial charge in [0.15, 0.2) is 23.1 Å². The van der Waals surface area contributed by atoms with Crippen LogP contribution in [0, 0.1) is 5.82 Å². The van der Waals surface area contributed by atoms with Crippen LogP contribution in [0.1, 0.15) is 0 Å². The third-order valence-electron chi connectivity index (χ3n) is 4.37. The quantitative estimate of drug-likeness (QED) is 0.439.